The molecule has 1 atom stereocenters. The van der Waals surface area contributed by atoms with Crippen molar-refractivity contribution in [2.45, 2.75) is 39.2 Å². The van der Waals surface area contributed by atoms with Gasteiger partial charge >= 0.3 is 0 Å². The Morgan fingerprint density at radius 2 is 1.97 bits per heavy atom. The van der Waals surface area contributed by atoms with E-state index in [0.717, 1.165) is 57.8 Å². The first kappa shape index (κ1) is 25.8. The molecule has 0 aromatic carbocycles. The van der Waals surface area contributed by atoms with Crippen molar-refractivity contribution in [1.82, 2.24) is 20.4 Å². The van der Waals surface area contributed by atoms with Crippen LogP contribution in [0.3, 0.4) is 0 Å². The first-order valence-corrected chi connectivity index (χ1v) is 12.3. The van der Waals surface area contributed by atoms with Crippen LogP contribution in [0, 0.1) is 5.92 Å². The molecule has 3 rings (SSSR count). The van der Waals surface area contributed by atoms with Crippen molar-refractivity contribution in [3.8, 4) is 0 Å². The molecule has 6 nitrogen and oxygen atoms in total. The predicted octanol–water partition coefficient (Wildman–Crippen LogP) is 3.42. The van der Waals surface area contributed by atoms with Gasteiger partial charge < -0.3 is 20.3 Å². The van der Waals surface area contributed by atoms with Gasteiger partial charge in [0.2, 0.25) is 0 Å². The highest BCUT2D eigenvalue weighted by Crippen LogP contribution is 2.26. The van der Waals surface area contributed by atoms with Gasteiger partial charge in [0, 0.05) is 31.1 Å². The number of hydrogen-bond donors (Lipinski definition) is 2. The summed E-state index contributed by atoms with van der Waals surface area (Å²) in [6.45, 7) is 14.4. The van der Waals surface area contributed by atoms with Crippen LogP contribution in [0.15, 0.2) is 22.5 Å². The van der Waals surface area contributed by atoms with Crippen molar-refractivity contribution in [3.63, 3.8) is 0 Å². The van der Waals surface area contributed by atoms with Crippen LogP contribution < -0.4 is 10.6 Å². The van der Waals surface area contributed by atoms with Gasteiger partial charge in [-0.05, 0) is 63.2 Å². The fourth-order valence-electron chi connectivity index (χ4n) is 4.25. The van der Waals surface area contributed by atoms with Crippen molar-refractivity contribution < 1.29 is 4.74 Å². The second kappa shape index (κ2) is 14.6. The Hall–Kier alpha value is -0.420. The minimum atomic E-state index is 0. The number of likely N-dealkylation sites (tertiary alicyclic amines) is 1. The molecule has 2 N–H and O–H groups in total. The third-order valence-corrected chi connectivity index (χ3v) is 6.90. The zero-order valence-electron chi connectivity index (χ0n) is 18.6. The number of piperidine rings is 1. The minimum absolute atomic E-state index is 0. The molecule has 1 aromatic rings. The highest BCUT2D eigenvalue weighted by atomic mass is 127. The molecule has 2 aliphatic rings. The number of morpholine rings is 1. The second-order valence-corrected chi connectivity index (χ2v) is 9.04. The maximum Gasteiger partial charge on any atom is 0.191 e. The van der Waals surface area contributed by atoms with Crippen LogP contribution in [0.5, 0.6) is 0 Å². The Balaban J connectivity index is 0.00000320. The molecule has 2 aliphatic heterocycles. The molecular formula is C22H40IN5OS. The molecule has 0 bridgehead atoms. The molecule has 0 saturated carbocycles. The average Bonchev–Trinajstić information content (AvgIpc) is 3.29. The number of guanidine groups is 1. The number of nitrogens with one attached hydrogen (secondary N) is 2. The number of halogens is 1. The Morgan fingerprint density at radius 3 is 2.60 bits per heavy atom. The van der Waals surface area contributed by atoms with Crippen LogP contribution in [0.1, 0.15) is 44.0 Å². The van der Waals surface area contributed by atoms with Gasteiger partial charge in [-0.1, -0.05) is 13.0 Å². The number of aliphatic imine (C=N–C) groups is 1. The van der Waals surface area contributed by atoms with E-state index in [4.69, 9.17) is 9.73 Å². The summed E-state index contributed by atoms with van der Waals surface area (Å²) >= 11 is 1.83. The lowest BCUT2D eigenvalue weighted by atomic mass is 9.97. The van der Waals surface area contributed by atoms with E-state index in [1.165, 1.54) is 43.8 Å². The SMILES string of the molecule is CCCN1CCC(CNC(=NCC(c2cccs2)N2CCOCC2)NCC)CC1.I. The van der Waals surface area contributed by atoms with Crippen LogP contribution in [0.2, 0.25) is 0 Å². The lowest BCUT2D eigenvalue weighted by Crippen LogP contribution is -2.44. The monoisotopic (exact) mass is 549 g/mol. The van der Waals surface area contributed by atoms with Crippen molar-refractivity contribution in [2.75, 3.05) is 65.6 Å². The van der Waals surface area contributed by atoms with Crippen LogP contribution in [0.4, 0.5) is 0 Å². The fraction of sp³-hybridized carbons (Fsp3) is 0.773. The van der Waals surface area contributed by atoms with E-state index in [1.54, 1.807) is 0 Å². The summed E-state index contributed by atoms with van der Waals surface area (Å²) in [5.41, 5.74) is 0. The van der Waals surface area contributed by atoms with Crippen molar-refractivity contribution >= 4 is 41.3 Å². The largest absolute Gasteiger partial charge is 0.379 e. The zero-order valence-corrected chi connectivity index (χ0v) is 21.8. The normalized spacial score (nSPS) is 20.5. The molecule has 0 amide bonds. The molecule has 1 unspecified atom stereocenters. The van der Waals surface area contributed by atoms with Gasteiger partial charge in [-0.15, -0.1) is 35.3 Å². The molecule has 1 aromatic heterocycles. The smallest absolute Gasteiger partial charge is 0.191 e. The van der Waals surface area contributed by atoms with Gasteiger partial charge in [0.1, 0.15) is 0 Å². The van der Waals surface area contributed by atoms with E-state index in [1.807, 2.05) is 11.3 Å². The van der Waals surface area contributed by atoms with E-state index in [-0.39, 0.29) is 24.0 Å². The van der Waals surface area contributed by atoms with Crippen LogP contribution in [-0.2, 0) is 4.74 Å². The Labute approximate surface area is 203 Å². The lowest BCUT2D eigenvalue weighted by Gasteiger charge is -2.33. The summed E-state index contributed by atoms with van der Waals surface area (Å²) in [6.07, 6.45) is 3.84. The zero-order chi connectivity index (χ0) is 20.3. The molecule has 3 heterocycles. The molecule has 2 fully saturated rings. The van der Waals surface area contributed by atoms with Gasteiger partial charge in [0.05, 0.1) is 25.8 Å². The van der Waals surface area contributed by atoms with E-state index < -0.39 is 0 Å². The van der Waals surface area contributed by atoms with Crippen LogP contribution in [0.25, 0.3) is 0 Å². The van der Waals surface area contributed by atoms with Crippen molar-refractivity contribution in [2.24, 2.45) is 10.9 Å². The third kappa shape index (κ3) is 8.26. The molecule has 0 aliphatic carbocycles. The second-order valence-electron chi connectivity index (χ2n) is 8.07. The summed E-state index contributed by atoms with van der Waals surface area (Å²) < 4.78 is 5.56. The van der Waals surface area contributed by atoms with E-state index in [2.05, 4.69) is 51.8 Å². The van der Waals surface area contributed by atoms with Crippen molar-refractivity contribution in [3.05, 3.63) is 22.4 Å². The topological polar surface area (TPSA) is 52.1 Å². The summed E-state index contributed by atoms with van der Waals surface area (Å²) in [5, 5.41) is 9.23. The lowest BCUT2D eigenvalue weighted by molar-refractivity contribution is 0.0186. The molecule has 0 radical (unpaired) electrons. The van der Waals surface area contributed by atoms with Gasteiger partial charge in [-0.25, -0.2) is 0 Å². The highest BCUT2D eigenvalue weighted by Gasteiger charge is 2.23. The molecule has 30 heavy (non-hydrogen) atoms. The summed E-state index contributed by atoms with van der Waals surface area (Å²) in [4.78, 5) is 11.5. The summed E-state index contributed by atoms with van der Waals surface area (Å²) in [6, 6.07) is 4.72. The maximum atomic E-state index is 5.56. The van der Waals surface area contributed by atoms with Crippen LogP contribution >= 0.6 is 35.3 Å². The van der Waals surface area contributed by atoms with Crippen molar-refractivity contribution in [1.29, 1.82) is 0 Å². The summed E-state index contributed by atoms with van der Waals surface area (Å²) in [7, 11) is 0. The highest BCUT2D eigenvalue weighted by molar-refractivity contribution is 14.0. The predicted molar refractivity (Wildman–Crippen MR) is 138 cm³/mol. The molecule has 0 spiro atoms. The average molecular weight is 550 g/mol. The number of hydrogen-bond acceptors (Lipinski definition) is 5. The minimum Gasteiger partial charge on any atom is -0.379 e. The number of thiophene rings is 1. The first-order valence-electron chi connectivity index (χ1n) is 11.4. The molecule has 172 valence electrons. The molecule has 8 heteroatoms. The maximum absolute atomic E-state index is 5.56. The Morgan fingerprint density at radius 1 is 1.20 bits per heavy atom. The van der Waals surface area contributed by atoms with E-state index in [9.17, 15) is 0 Å². The van der Waals surface area contributed by atoms with Gasteiger partial charge in [-0.2, -0.15) is 0 Å². The fourth-order valence-corrected chi connectivity index (χ4v) is 5.10. The molecule has 2 saturated heterocycles. The van der Waals surface area contributed by atoms with Gasteiger partial charge in [0.15, 0.2) is 5.96 Å². The Bertz CT molecular complexity index is 586. The van der Waals surface area contributed by atoms with E-state index >= 15 is 0 Å². The summed E-state index contributed by atoms with van der Waals surface area (Å²) in [5.74, 6) is 1.71. The number of ether oxygens (including phenoxy) is 1. The van der Waals surface area contributed by atoms with Gasteiger partial charge in [0.25, 0.3) is 0 Å². The van der Waals surface area contributed by atoms with Crippen LogP contribution in [-0.4, -0.2) is 81.3 Å². The Kier molecular flexibility index (Phi) is 12.6. The quantitative estimate of drug-likeness (QED) is 0.281. The van der Waals surface area contributed by atoms with Gasteiger partial charge in [-0.3, -0.25) is 9.89 Å². The standard InChI is InChI=1S/C22H39N5OS.HI/c1-3-9-26-10-7-19(8-11-26)17-24-22(23-4-2)25-18-20(21-6-5-16-29-21)27-12-14-28-15-13-27;/h5-6,16,19-20H,3-4,7-15,17-18H2,1-2H3,(H2,23,24,25);1H. The van der Waals surface area contributed by atoms with E-state index in [0.29, 0.717) is 6.04 Å². The number of nitrogens with zero attached hydrogens (tertiary/aromatic N) is 3. The number of rotatable bonds is 9. The first-order chi connectivity index (χ1) is 14.3. The third-order valence-electron chi connectivity index (χ3n) is 5.93. The molecular weight excluding hydrogens is 509 g/mol.